The maximum atomic E-state index is 12.0. The van der Waals surface area contributed by atoms with Crippen molar-refractivity contribution >= 4 is 12.1 Å². The smallest absolute Gasteiger partial charge is 0.407 e. The lowest BCUT2D eigenvalue weighted by molar-refractivity contribution is -0.137. The first-order chi connectivity index (χ1) is 13.1. The number of carboxylic acids is 1. The van der Waals surface area contributed by atoms with Crippen molar-refractivity contribution in [3.63, 3.8) is 0 Å². The molecule has 1 aliphatic carbocycles. The van der Waals surface area contributed by atoms with Crippen LogP contribution in [0.15, 0.2) is 0 Å². The second kappa shape index (κ2) is 10.3. The fraction of sp³-hybridized carbons (Fsp3) is 0.905. The Hall–Kier alpha value is -1.30. The van der Waals surface area contributed by atoms with E-state index < -0.39 is 5.97 Å². The van der Waals surface area contributed by atoms with Gasteiger partial charge in [-0.15, -0.1) is 0 Å². The number of aliphatic carboxylic acids is 1. The molecule has 1 amide bonds. The van der Waals surface area contributed by atoms with E-state index in [1.54, 1.807) is 0 Å². The highest BCUT2D eigenvalue weighted by Gasteiger charge is 2.48. The van der Waals surface area contributed by atoms with Crippen LogP contribution in [0.1, 0.15) is 77.0 Å². The van der Waals surface area contributed by atoms with Crippen LogP contribution in [0.3, 0.4) is 0 Å². The van der Waals surface area contributed by atoms with E-state index in [-0.39, 0.29) is 18.6 Å². The van der Waals surface area contributed by atoms with Gasteiger partial charge in [0.2, 0.25) is 0 Å². The van der Waals surface area contributed by atoms with Gasteiger partial charge in [-0.05, 0) is 50.4 Å². The van der Waals surface area contributed by atoms with Gasteiger partial charge >= 0.3 is 12.1 Å². The zero-order valence-corrected chi connectivity index (χ0v) is 16.4. The molecule has 0 aromatic heterocycles. The van der Waals surface area contributed by atoms with Crippen LogP contribution in [0.25, 0.3) is 0 Å². The minimum atomic E-state index is -0.708. The lowest BCUT2D eigenvalue weighted by Gasteiger charge is -2.27. The Bertz CT molecular complexity index is 491. The number of carbonyl (C=O) groups is 2. The molecule has 3 aliphatic rings. The van der Waals surface area contributed by atoms with Gasteiger partial charge in [-0.3, -0.25) is 4.79 Å². The van der Waals surface area contributed by atoms with Crippen LogP contribution in [0.2, 0.25) is 0 Å². The molecule has 0 aromatic rings. The molecule has 154 valence electrons. The molecular weight excluding hydrogens is 346 g/mol. The third-order valence-electron chi connectivity index (χ3n) is 6.69. The Labute approximate surface area is 162 Å². The van der Waals surface area contributed by atoms with Crippen LogP contribution in [-0.4, -0.2) is 42.5 Å². The molecule has 6 nitrogen and oxygen atoms in total. The summed E-state index contributed by atoms with van der Waals surface area (Å²) in [5, 5.41) is 11.6. The third kappa shape index (κ3) is 6.09. The van der Waals surface area contributed by atoms with E-state index in [4.69, 9.17) is 14.6 Å². The number of fused-ring (bicyclic) bond motifs is 2. The number of nitrogens with one attached hydrogen (secondary N) is 1. The monoisotopic (exact) mass is 381 g/mol. The fourth-order valence-corrected chi connectivity index (χ4v) is 5.18. The second-order valence-electron chi connectivity index (χ2n) is 8.59. The molecular formula is C21H35NO5. The second-order valence-corrected chi connectivity index (χ2v) is 8.59. The van der Waals surface area contributed by atoms with Crippen molar-refractivity contribution in [2.24, 2.45) is 17.8 Å². The molecule has 2 N–H and O–H groups in total. The largest absolute Gasteiger partial charge is 0.481 e. The Morgan fingerprint density at radius 2 is 1.67 bits per heavy atom. The number of alkyl carbamates (subject to hydrolysis) is 1. The molecule has 0 spiro atoms. The average molecular weight is 382 g/mol. The van der Waals surface area contributed by atoms with Crippen molar-refractivity contribution in [1.82, 2.24) is 5.32 Å². The molecule has 4 unspecified atom stereocenters. The third-order valence-corrected chi connectivity index (χ3v) is 6.69. The lowest BCUT2D eigenvalue weighted by Crippen LogP contribution is -2.35. The molecule has 2 saturated heterocycles. The molecule has 1 saturated carbocycles. The lowest BCUT2D eigenvalue weighted by atomic mass is 9.77. The summed E-state index contributed by atoms with van der Waals surface area (Å²) in [4.78, 5) is 22.6. The highest BCUT2D eigenvalue weighted by molar-refractivity contribution is 5.67. The van der Waals surface area contributed by atoms with E-state index in [1.807, 2.05) is 0 Å². The topological polar surface area (TPSA) is 84.9 Å². The Morgan fingerprint density at radius 3 is 2.41 bits per heavy atom. The van der Waals surface area contributed by atoms with Gasteiger partial charge in [0.15, 0.2) is 0 Å². The first-order valence-corrected chi connectivity index (χ1v) is 10.9. The zero-order valence-electron chi connectivity index (χ0n) is 16.4. The number of ether oxygens (including phenoxy) is 2. The summed E-state index contributed by atoms with van der Waals surface area (Å²) in [5.74, 6) is 0.711. The SMILES string of the molecule is O=C(O)CCCCCCC1C2CCC(O2)C1COC(=O)NCC1CCCC1. The van der Waals surface area contributed by atoms with Crippen LogP contribution < -0.4 is 5.32 Å². The maximum Gasteiger partial charge on any atom is 0.407 e. The summed E-state index contributed by atoms with van der Waals surface area (Å²) in [5.41, 5.74) is 0. The summed E-state index contributed by atoms with van der Waals surface area (Å²) in [7, 11) is 0. The van der Waals surface area contributed by atoms with Gasteiger partial charge in [0.05, 0.1) is 18.8 Å². The van der Waals surface area contributed by atoms with Gasteiger partial charge in [-0.25, -0.2) is 4.79 Å². The van der Waals surface area contributed by atoms with Crippen LogP contribution in [-0.2, 0) is 14.3 Å². The van der Waals surface area contributed by atoms with Crippen molar-refractivity contribution in [3.8, 4) is 0 Å². The molecule has 27 heavy (non-hydrogen) atoms. The molecule has 2 bridgehead atoms. The van der Waals surface area contributed by atoms with Gasteiger partial charge in [-0.1, -0.05) is 32.1 Å². The molecule has 4 atom stereocenters. The fourth-order valence-electron chi connectivity index (χ4n) is 5.18. The van der Waals surface area contributed by atoms with Crippen molar-refractivity contribution < 1.29 is 24.2 Å². The number of rotatable bonds is 11. The van der Waals surface area contributed by atoms with Gasteiger partial charge < -0.3 is 19.9 Å². The van der Waals surface area contributed by atoms with Crippen molar-refractivity contribution in [2.45, 2.75) is 89.3 Å². The van der Waals surface area contributed by atoms with Gasteiger partial charge in [-0.2, -0.15) is 0 Å². The van der Waals surface area contributed by atoms with E-state index in [1.165, 1.54) is 25.7 Å². The number of carbonyl (C=O) groups excluding carboxylic acids is 1. The van der Waals surface area contributed by atoms with E-state index in [9.17, 15) is 9.59 Å². The number of amides is 1. The predicted octanol–water partition coefficient (Wildman–Crippen LogP) is 4.12. The van der Waals surface area contributed by atoms with Gasteiger partial charge in [0.1, 0.15) is 0 Å². The molecule has 0 radical (unpaired) electrons. The molecule has 3 fully saturated rings. The van der Waals surface area contributed by atoms with Crippen LogP contribution in [0, 0.1) is 17.8 Å². The summed E-state index contributed by atoms with van der Waals surface area (Å²) in [6.45, 7) is 1.20. The minimum Gasteiger partial charge on any atom is -0.481 e. The van der Waals surface area contributed by atoms with Gasteiger partial charge in [0.25, 0.3) is 0 Å². The molecule has 2 heterocycles. The predicted molar refractivity (Wildman–Crippen MR) is 102 cm³/mol. The zero-order chi connectivity index (χ0) is 19.1. The van der Waals surface area contributed by atoms with Crippen molar-refractivity contribution in [3.05, 3.63) is 0 Å². The molecule has 6 heteroatoms. The van der Waals surface area contributed by atoms with Crippen LogP contribution >= 0.6 is 0 Å². The summed E-state index contributed by atoms with van der Waals surface area (Å²) in [6.07, 6.45) is 12.7. The highest BCUT2D eigenvalue weighted by atomic mass is 16.6. The maximum absolute atomic E-state index is 12.0. The number of hydrogen-bond donors (Lipinski definition) is 2. The van der Waals surface area contributed by atoms with E-state index in [0.717, 1.165) is 51.5 Å². The van der Waals surface area contributed by atoms with Crippen LogP contribution in [0.4, 0.5) is 4.79 Å². The van der Waals surface area contributed by atoms with Gasteiger partial charge in [0, 0.05) is 18.9 Å². The first-order valence-electron chi connectivity index (χ1n) is 10.9. The number of carboxylic acid groups (broad SMARTS) is 1. The van der Waals surface area contributed by atoms with E-state index in [2.05, 4.69) is 5.32 Å². The first kappa shape index (κ1) is 20.4. The number of unbranched alkanes of at least 4 members (excludes halogenated alkanes) is 3. The Balaban J connectivity index is 1.33. The molecule has 3 rings (SSSR count). The number of hydrogen-bond acceptors (Lipinski definition) is 4. The Kier molecular flexibility index (Phi) is 7.80. The quantitative estimate of drug-likeness (QED) is 0.526. The molecule has 0 aromatic carbocycles. The highest BCUT2D eigenvalue weighted by Crippen LogP contribution is 2.45. The Morgan fingerprint density at radius 1 is 0.963 bits per heavy atom. The summed E-state index contributed by atoms with van der Waals surface area (Å²) >= 11 is 0. The normalized spacial score (nSPS) is 29.9. The van der Waals surface area contributed by atoms with Crippen molar-refractivity contribution in [1.29, 1.82) is 0 Å². The molecule has 2 aliphatic heterocycles. The van der Waals surface area contributed by atoms with Crippen molar-refractivity contribution in [2.75, 3.05) is 13.2 Å². The standard InChI is InChI=1S/C21H35NO5/c23-20(24)10-4-2-1-3-9-16-17(19-12-11-18(16)27-19)14-26-21(25)22-13-15-7-5-6-8-15/h15-19H,1-14H2,(H,22,25)(H,23,24). The van der Waals surface area contributed by atoms with E-state index >= 15 is 0 Å². The van der Waals surface area contributed by atoms with E-state index in [0.29, 0.717) is 30.5 Å². The summed E-state index contributed by atoms with van der Waals surface area (Å²) in [6, 6.07) is 0. The van der Waals surface area contributed by atoms with Crippen LogP contribution in [0.5, 0.6) is 0 Å². The summed E-state index contributed by atoms with van der Waals surface area (Å²) < 4.78 is 11.6. The average Bonchev–Trinajstić information content (AvgIpc) is 3.38. The minimum absolute atomic E-state index is 0.245.